The van der Waals surface area contributed by atoms with Crippen LogP contribution in [0.15, 0.2) is 30.3 Å². The van der Waals surface area contributed by atoms with Gasteiger partial charge in [0.15, 0.2) is 11.6 Å². The molecule has 0 saturated carbocycles. The van der Waals surface area contributed by atoms with Crippen molar-refractivity contribution in [3.05, 3.63) is 35.9 Å². The number of hydrogen-bond donors (Lipinski definition) is 0. The average Bonchev–Trinajstić information content (AvgIpc) is 2.28. The Labute approximate surface area is 110 Å². The minimum Gasteiger partial charge on any atom is -0.354 e. The molecule has 1 atom stereocenters. The maximum absolute atomic E-state index is 5.96. The number of benzene rings is 1. The van der Waals surface area contributed by atoms with Gasteiger partial charge < -0.3 is 14.2 Å². The Balaban J connectivity index is 2.66. The van der Waals surface area contributed by atoms with Gasteiger partial charge in [-0.05, 0) is 40.2 Å². The van der Waals surface area contributed by atoms with Gasteiger partial charge in [-0.2, -0.15) is 0 Å². The molecule has 0 fully saturated rings. The van der Waals surface area contributed by atoms with Crippen molar-refractivity contribution in [2.45, 2.75) is 52.3 Å². The molecule has 0 N–H and O–H groups in total. The number of ether oxygens (including phenoxy) is 3. The lowest BCUT2D eigenvalue weighted by Gasteiger charge is -2.36. The predicted molar refractivity (Wildman–Crippen MR) is 72.2 cm³/mol. The Kier molecular flexibility index (Phi) is 4.91. The topological polar surface area (TPSA) is 27.7 Å². The average molecular weight is 252 g/mol. The summed E-state index contributed by atoms with van der Waals surface area (Å²) >= 11 is 0. The van der Waals surface area contributed by atoms with Gasteiger partial charge in [-0.3, -0.25) is 0 Å². The third-order valence-corrected chi connectivity index (χ3v) is 2.71. The van der Waals surface area contributed by atoms with Gasteiger partial charge in [0.05, 0.1) is 6.10 Å². The van der Waals surface area contributed by atoms with Crippen molar-refractivity contribution in [2.24, 2.45) is 0 Å². The van der Waals surface area contributed by atoms with Gasteiger partial charge in [0.1, 0.15) is 0 Å². The van der Waals surface area contributed by atoms with Crippen molar-refractivity contribution >= 4 is 0 Å². The van der Waals surface area contributed by atoms with Crippen LogP contribution in [0.25, 0.3) is 0 Å². The molecule has 3 nitrogen and oxygen atoms in total. The summed E-state index contributed by atoms with van der Waals surface area (Å²) in [7, 11) is 1.62. The van der Waals surface area contributed by atoms with E-state index in [1.807, 2.05) is 65.0 Å². The fourth-order valence-electron chi connectivity index (χ4n) is 1.88. The van der Waals surface area contributed by atoms with E-state index in [-0.39, 0.29) is 6.10 Å². The Morgan fingerprint density at radius 2 is 1.50 bits per heavy atom. The molecule has 0 heterocycles. The lowest BCUT2D eigenvalue weighted by molar-refractivity contribution is -0.338. The minimum absolute atomic E-state index is 0.0335. The molecule has 0 aliphatic carbocycles. The third-order valence-electron chi connectivity index (χ3n) is 2.71. The van der Waals surface area contributed by atoms with Gasteiger partial charge in [0.25, 0.3) is 0 Å². The van der Waals surface area contributed by atoms with E-state index in [1.165, 1.54) is 0 Å². The number of rotatable bonds is 6. The third kappa shape index (κ3) is 4.77. The molecule has 0 radical (unpaired) electrons. The fraction of sp³-hybridized carbons (Fsp3) is 0.600. The van der Waals surface area contributed by atoms with Crippen LogP contribution in [0.2, 0.25) is 0 Å². The monoisotopic (exact) mass is 252 g/mol. The first-order valence-corrected chi connectivity index (χ1v) is 6.24. The van der Waals surface area contributed by atoms with Crippen molar-refractivity contribution < 1.29 is 14.2 Å². The summed E-state index contributed by atoms with van der Waals surface area (Å²) in [5.74, 6) is -1.38. The fourth-order valence-corrected chi connectivity index (χ4v) is 1.88. The summed E-state index contributed by atoms with van der Waals surface area (Å²) in [6.07, 6.45) is -0.0335. The highest BCUT2D eigenvalue weighted by atomic mass is 16.8. The molecule has 0 amide bonds. The zero-order chi connectivity index (χ0) is 13.8. The highest BCUT2D eigenvalue weighted by Crippen LogP contribution is 2.28. The molecule has 0 saturated heterocycles. The van der Waals surface area contributed by atoms with E-state index < -0.39 is 11.6 Å². The van der Waals surface area contributed by atoms with E-state index in [0.717, 1.165) is 5.56 Å². The molecular formula is C15H24O3. The molecular weight excluding hydrogens is 228 g/mol. The molecule has 0 aromatic heterocycles. The maximum Gasteiger partial charge on any atom is 0.166 e. The summed E-state index contributed by atoms with van der Waals surface area (Å²) in [6.45, 7) is 9.54. The summed E-state index contributed by atoms with van der Waals surface area (Å²) in [5, 5.41) is 0. The quantitative estimate of drug-likeness (QED) is 0.719. The van der Waals surface area contributed by atoms with Gasteiger partial charge >= 0.3 is 0 Å². The summed E-state index contributed by atoms with van der Waals surface area (Å²) in [5.41, 5.74) is 1.13. The van der Waals surface area contributed by atoms with E-state index in [0.29, 0.717) is 0 Å². The van der Waals surface area contributed by atoms with E-state index in [1.54, 1.807) is 7.11 Å². The highest BCUT2D eigenvalue weighted by molar-refractivity contribution is 5.16. The SMILES string of the molecule is COC(C)(C)OC(C)(C)OC(C)c1ccccc1. The summed E-state index contributed by atoms with van der Waals surface area (Å²) in [6, 6.07) is 10.1. The Hall–Kier alpha value is -0.900. The first kappa shape index (κ1) is 15.2. The molecule has 18 heavy (non-hydrogen) atoms. The lowest BCUT2D eigenvalue weighted by atomic mass is 10.1. The summed E-state index contributed by atoms with van der Waals surface area (Å²) < 4.78 is 17.0. The van der Waals surface area contributed by atoms with Gasteiger partial charge in [0, 0.05) is 7.11 Å². The zero-order valence-electron chi connectivity index (χ0n) is 12.2. The van der Waals surface area contributed by atoms with Crippen molar-refractivity contribution in [1.82, 2.24) is 0 Å². The van der Waals surface area contributed by atoms with Crippen LogP contribution in [0.1, 0.15) is 46.3 Å². The Morgan fingerprint density at radius 1 is 0.944 bits per heavy atom. The molecule has 0 bridgehead atoms. The second-order valence-electron chi connectivity index (χ2n) is 5.28. The molecule has 3 heteroatoms. The van der Waals surface area contributed by atoms with E-state index in [2.05, 4.69) is 0 Å². The largest absolute Gasteiger partial charge is 0.354 e. The smallest absolute Gasteiger partial charge is 0.166 e. The molecule has 1 rings (SSSR count). The molecule has 1 unspecified atom stereocenters. The molecule has 0 spiro atoms. The van der Waals surface area contributed by atoms with Crippen molar-refractivity contribution in [1.29, 1.82) is 0 Å². The maximum atomic E-state index is 5.96. The van der Waals surface area contributed by atoms with E-state index >= 15 is 0 Å². The van der Waals surface area contributed by atoms with Crippen molar-refractivity contribution in [3.63, 3.8) is 0 Å². The van der Waals surface area contributed by atoms with Crippen LogP contribution in [0, 0.1) is 0 Å². The Morgan fingerprint density at radius 3 is 2.00 bits per heavy atom. The molecule has 1 aromatic rings. The molecule has 0 aliphatic rings. The van der Waals surface area contributed by atoms with Crippen molar-refractivity contribution in [2.75, 3.05) is 7.11 Å². The second kappa shape index (κ2) is 5.83. The standard InChI is InChI=1S/C15H24O3/c1-12(13-10-8-7-9-11-13)17-15(4,5)18-14(2,3)16-6/h7-12H,1-6H3. The van der Waals surface area contributed by atoms with Gasteiger partial charge in [-0.1, -0.05) is 30.3 Å². The molecule has 0 aliphatic heterocycles. The zero-order valence-corrected chi connectivity index (χ0v) is 12.2. The first-order valence-electron chi connectivity index (χ1n) is 6.24. The lowest BCUT2D eigenvalue weighted by Crippen LogP contribution is -2.40. The van der Waals surface area contributed by atoms with Crippen LogP contribution in [0.5, 0.6) is 0 Å². The number of methoxy groups -OCH3 is 1. The van der Waals surface area contributed by atoms with Crippen LogP contribution in [0.4, 0.5) is 0 Å². The Bertz CT molecular complexity index is 357. The second-order valence-corrected chi connectivity index (χ2v) is 5.28. The van der Waals surface area contributed by atoms with Gasteiger partial charge in [0.2, 0.25) is 0 Å². The number of hydrogen-bond acceptors (Lipinski definition) is 3. The summed E-state index contributed by atoms with van der Waals surface area (Å²) in [4.78, 5) is 0. The van der Waals surface area contributed by atoms with Crippen LogP contribution >= 0.6 is 0 Å². The van der Waals surface area contributed by atoms with Crippen LogP contribution < -0.4 is 0 Å². The minimum atomic E-state index is -0.714. The van der Waals surface area contributed by atoms with Crippen LogP contribution in [-0.4, -0.2) is 18.7 Å². The molecule has 1 aromatic carbocycles. The van der Waals surface area contributed by atoms with E-state index in [4.69, 9.17) is 14.2 Å². The first-order chi connectivity index (χ1) is 8.26. The molecule has 102 valence electrons. The predicted octanol–water partition coefficient (Wildman–Crippen LogP) is 3.90. The van der Waals surface area contributed by atoms with Crippen molar-refractivity contribution in [3.8, 4) is 0 Å². The highest BCUT2D eigenvalue weighted by Gasteiger charge is 2.31. The van der Waals surface area contributed by atoms with Gasteiger partial charge in [-0.15, -0.1) is 0 Å². The van der Waals surface area contributed by atoms with Crippen LogP contribution in [-0.2, 0) is 14.2 Å². The van der Waals surface area contributed by atoms with E-state index in [9.17, 15) is 0 Å². The normalized spacial score (nSPS) is 14.6. The van der Waals surface area contributed by atoms with Gasteiger partial charge in [-0.25, -0.2) is 0 Å². The van der Waals surface area contributed by atoms with Crippen LogP contribution in [0.3, 0.4) is 0 Å².